The number of esters is 1. The van der Waals surface area contributed by atoms with E-state index in [4.69, 9.17) is 32.7 Å². The van der Waals surface area contributed by atoms with Crippen LogP contribution in [0.15, 0.2) is 48.5 Å². The molecule has 0 bridgehead atoms. The van der Waals surface area contributed by atoms with Gasteiger partial charge in [0, 0.05) is 16.1 Å². The van der Waals surface area contributed by atoms with E-state index in [1.807, 2.05) is 0 Å². The Hall–Kier alpha value is -2.50. The Morgan fingerprint density at radius 1 is 1.08 bits per heavy atom. The Labute approximate surface area is 161 Å². The molecule has 26 heavy (non-hydrogen) atoms. The second-order valence-corrected chi connectivity index (χ2v) is 6.17. The molecule has 5 nitrogen and oxygen atoms in total. The van der Waals surface area contributed by atoms with E-state index >= 15 is 0 Å². The summed E-state index contributed by atoms with van der Waals surface area (Å²) in [7, 11) is 1.48. The Bertz CT molecular complexity index is 819. The molecule has 1 unspecified atom stereocenters. The molecule has 0 fully saturated rings. The number of methoxy groups -OCH3 is 1. The lowest BCUT2D eigenvalue weighted by molar-refractivity contribution is -0.148. The summed E-state index contributed by atoms with van der Waals surface area (Å²) >= 11 is 11.7. The van der Waals surface area contributed by atoms with Crippen molar-refractivity contribution in [2.24, 2.45) is 0 Å². The van der Waals surface area contributed by atoms with E-state index in [-0.39, 0.29) is 0 Å². The second kappa shape index (κ2) is 9.27. The van der Waals surface area contributed by atoms with Crippen molar-refractivity contribution in [3.63, 3.8) is 0 Å². The third-order valence-electron chi connectivity index (χ3n) is 3.36. The van der Waals surface area contributed by atoms with Gasteiger partial charge in [0.15, 0.2) is 6.10 Å². The zero-order valence-electron chi connectivity index (χ0n) is 14.2. The lowest BCUT2D eigenvalue weighted by atomic mass is 10.2. The van der Waals surface area contributed by atoms with Crippen LogP contribution in [0.5, 0.6) is 5.75 Å². The summed E-state index contributed by atoms with van der Waals surface area (Å²) in [5.41, 5.74) is 1.18. The Balaban J connectivity index is 1.95. The molecule has 0 aliphatic carbocycles. The first kappa shape index (κ1) is 19.8. The van der Waals surface area contributed by atoms with E-state index in [9.17, 15) is 9.59 Å². The van der Waals surface area contributed by atoms with E-state index in [0.717, 1.165) is 5.56 Å². The zero-order chi connectivity index (χ0) is 19.1. The van der Waals surface area contributed by atoms with Gasteiger partial charge in [0.05, 0.1) is 12.8 Å². The summed E-state index contributed by atoms with van der Waals surface area (Å²) in [6.07, 6.45) is 1.82. The van der Waals surface area contributed by atoms with E-state index in [1.165, 1.54) is 20.1 Å². The fraction of sp³-hybridized carbons (Fsp3) is 0.158. The Morgan fingerprint density at radius 3 is 2.38 bits per heavy atom. The van der Waals surface area contributed by atoms with Crippen LogP contribution >= 0.6 is 23.2 Å². The van der Waals surface area contributed by atoms with Crippen LogP contribution in [-0.2, 0) is 14.3 Å². The Morgan fingerprint density at radius 2 is 1.73 bits per heavy atom. The lowest BCUT2D eigenvalue weighted by Gasteiger charge is -2.14. The number of hydrogen-bond acceptors (Lipinski definition) is 4. The predicted molar refractivity (Wildman–Crippen MR) is 103 cm³/mol. The van der Waals surface area contributed by atoms with Crippen LogP contribution in [-0.4, -0.2) is 25.1 Å². The molecule has 0 aliphatic rings. The Kier molecular flexibility index (Phi) is 7.06. The first-order valence-electron chi connectivity index (χ1n) is 7.67. The highest BCUT2D eigenvalue weighted by atomic mass is 35.5. The van der Waals surface area contributed by atoms with Crippen LogP contribution < -0.4 is 10.1 Å². The lowest BCUT2D eigenvalue weighted by Crippen LogP contribution is -2.29. The maximum absolute atomic E-state index is 12.2. The SMILES string of the molecule is COc1ccc(Cl)cc1NC(=O)C(C)OC(=O)/C=C/c1ccc(Cl)cc1. The summed E-state index contributed by atoms with van der Waals surface area (Å²) in [6.45, 7) is 1.47. The summed E-state index contributed by atoms with van der Waals surface area (Å²) in [5, 5.41) is 3.67. The number of anilines is 1. The van der Waals surface area contributed by atoms with Crippen LogP contribution in [0.4, 0.5) is 5.69 Å². The number of nitrogens with one attached hydrogen (secondary N) is 1. The van der Waals surface area contributed by atoms with Gasteiger partial charge in [-0.25, -0.2) is 4.79 Å². The first-order valence-corrected chi connectivity index (χ1v) is 8.43. The van der Waals surface area contributed by atoms with Gasteiger partial charge < -0.3 is 14.8 Å². The van der Waals surface area contributed by atoms with Crippen LogP contribution in [0, 0.1) is 0 Å². The topological polar surface area (TPSA) is 64.6 Å². The fourth-order valence-electron chi connectivity index (χ4n) is 2.02. The monoisotopic (exact) mass is 393 g/mol. The highest BCUT2D eigenvalue weighted by Crippen LogP contribution is 2.27. The average molecular weight is 394 g/mol. The van der Waals surface area contributed by atoms with Crippen LogP contribution in [0.2, 0.25) is 10.0 Å². The van der Waals surface area contributed by atoms with Gasteiger partial charge in [-0.1, -0.05) is 35.3 Å². The maximum atomic E-state index is 12.2. The summed E-state index contributed by atoms with van der Waals surface area (Å²) in [4.78, 5) is 24.1. The standard InChI is InChI=1S/C19H17Cl2NO4/c1-12(19(24)22-16-11-15(21)8-9-17(16)25-2)26-18(23)10-5-13-3-6-14(20)7-4-13/h3-12H,1-2H3,(H,22,24)/b10-5+. The third kappa shape index (κ3) is 5.79. The molecule has 136 valence electrons. The van der Waals surface area contributed by atoms with Gasteiger partial charge in [0.25, 0.3) is 5.91 Å². The first-order chi connectivity index (χ1) is 12.4. The highest BCUT2D eigenvalue weighted by Gasteiger charge is 2.18. The third-order valence-corrected chi connectivity index (χ3v) is 3.85. The van der Waals surface area contributed by atoms with Gasteiger partial charge in [-0.15, -0.1) is 0 Å². The molecule has 0 heterocycles. The van der Waals surface area contributed by atoms with Crippen molar-refractivity contribution >= 4 is 46.8 Å². The summed E-state index contributed by atoms with van der Waals surface area (Å²) in [5.74, 6) is -0.691. The molecule has 2 aromatic rings. The molecule has 1 amide bonds. The summed E-state index contributed by atoms with van der Waals surface area (Å²) in [6, 6.07) is 11.8. The van der Waals surface area contributed by atoms with Crippen molar-refractivity contribution in [3.8, 4) is 5.75 Å². The molecule has 0 saturated carbocycles. The maximum Gasteiger partial charge on any atom is 0.331 e. The number of benzene rings is 2. The summed E-state index contributed by atoms with van der Waals surface area (Å²) < 4.78 is 10.3. The number of carbonyl (C=O) groups excluding carboxylic acids is 2. The number of halogens is 2. The molecule has 2 rings (SSSR count). The van der Waals surface area contributed by atoms with Crippen molar-refractivity contribution in [2.45, 2.75) is 13.0 Å². The smallest absolute Gasteiger partial charge is 0.331 e. The predicted octanol–water partition coefficient (Wildman–Crippen LogP) is 4.59. The second-order valence-electron chi connectivity index (χ2n) is 5.30. The van der Waals surface area contributed by atoms with Crippen molar-refractivity contribution in [2.75, 3.05) is 12.4 Å². The fourth-order valence-corrected chi connectivity index (χ4v) is 2.32. The van der Waals surface area contributed by atoms with Crippen molar-refractivity contribution in [1.82, 2.24) is 0 Å². The number of rotatable bonds is 6. The van der Waals surface area contributed by atoms with Gasteiger partial charge in [0.1, 0.15) is 5.75 Å². The molecule has 0 aromatic heterocycles. The number of amides is 1. The van der Waals surface area contributed by atoms with Crippen molar-refractivity contribution in [1.29, 1.82) is 0 Å². The van der Waals surface area contributed by atoms with Crippen LogP contribution in [0.1, 0.15) is 12.5 Å². The van der Waals surface area contributed by atoms with E-state index in [1.54, 1.807) is 48.5 Å². The van der Waals surface area contributed by atoms with Crippen molar-refractivity contribution in [3.05, 3.63) is 64.1 Å². The number of ether oxygens (including phenoxy) is 2. The van der Waals surface area contributed by atoms with Crippen molar-refractivity contribution < 1.29 is 19.1 Å². The normalized spacial score (nSPS) is 11.8. The molecule has 1 atom stereocenters. The van der Waals surface area contributed by atoms with Gasteiger partial charge in [0.2, 0.25) is 0 Å². The van der Waals surface area contributed by atoms with Crippen LogP contribution in [0.3, 0.4) is 0 Å². The van der Waals surface area contributed by atoms with E-state index in [0.29, 0.717) is 21.5 Å². The molecule has 7 heteroatoms. The van der Waals surface area contributed by atoms with E-state index < -0.39 is 18.0 Å². The van der Waals surface area contributed by atoms with Gasteiger partial charge in [-0.3, -0.25) is 4.79 Å². The molecule has 0 spiro atoms. The number of hydrogen-bond donors (Lipinski definition) is 1. The molecule has 0 radical (unpaired) electrons. The molecule has 2 aromatic carbocycles. The highest BCUT2D eigenvalue weighted by molar-refractivity contribution is 6.31. The van der Waals surface area contributed by atoms with E-state index in [2.05, 4.69) is 5.32 Å². The largest absolute Gasteiger partial charge is 0.495 e. The van der Waals surface area contributed by atoms with Gasteiger partial charge >= 0.3 is 5.97 Å². The van der Waals surface area contributed by atoms with Crippen LogP contribution in [0.25, 0.3) is 6.08 Å². The minimum Gasteiger partial charge on any atom is -0.495 e. The quantitative estimate of drug-likeness (QED) is 0.575. The molecular formula is C19H17Cl2NO4. The molecule has 1 N–H and O–H groups in total. The van der Waals surface area contributed by atoms with Gasteiger partial charge in [-0.2, -0.15) is 0 Å². The number of carbonyl (C=O) groups is 2. The minimum absolute atomic E-state index is 0.393. The zero-order valence-corrected chi connectivity index (χ0v) is 15.7. The molecule has 0 saturated heterocycles. The average Bonchev–Trinajstić information content (AvgIpc) is 2.61. The van der Waals surface area contributed by atoms with Gasteiger partial charge in [-0.05, 0) is 48.9 Å². The molecule has 0 aliphatic heterocycles. The molecular weight excluding hydrogens is 377 g/mol. The minimum atomic E-state index is -0.999.